The number of anilines is 1. The lowest BCUT2D eigenvalue weighted by atomic mass is 9.66. The van der Waals surface area contributed by atoms with Crippen LogP contribution in [0.3, 0.4) is 0 Å². The molecule has 2 bridgehead atoms. The van der Waals surface area contributed by atoms with Crippen LogP contribution in [0.1, 0.15) is 38.7 Å². The monoisotopic (exact) mass is 601 g/mol. The highest BCUT2D eigenvalue weighted by Gasteiger charge is 2.78. The van der Waals surface area contributed by atoms with Gasteiger partial charge >= 0.3 is 0 Å². The van der Waals surface area contributed by atoms with E-state index in [0.29, 0.717) is 43.8 Å². The Morgan fingerprint density at radius 3 is 2.36 bits per heavy atom. The topological polar surface area (TPSA) is 99.6 Å². The van der Waals surface area contributed by atoms with Crippen molar-refractivity contribution >= 4 is 23.4 Å². The summed E-state index contributed by atoms with van der Waals surface area (Å²) in [6.07, 6.45) is 4.73. The van der Waals surface area contributed by atoms with Crippen molar-refractivity contribution in [1.29, 1.82) is 0 Å². The molecule has 3 aliphatic rings. The van der Waals surface area contributed by atoms with E-state index >= 15 is 0 Å². The quantitative estimate of drug-likeness (QED) is 0.349. The van der Waals surface area contributed by atoms with Gasteiger partial charge in [0.1, 0.15) is 17.4 Å². The van der Waals surface area contributed by atoms with Gasteiger partial charge < -0.3 is 29.3 Å². The summed E-state index contributed by atoms with van der Waals surface area (Å²) in [6, 6.07) is 15.2. The summed E-state index contributed by atoms with van der Waals surface area (Å²) >= 11 is 0. The number of carbonyl (C=O) groups excluding carboxylic acids is 3. The Bertz CT molecular complexity index is 1390. The number of methoxy groups -OCH3 is 1. The Morgan fingerprint density at radius 1 is 1.09 bits per heavy atom. The first-order chi connectivity index (χ1) is 21.2. The molecule has 234 valence electrons. The molecule has 9 nitrogen and oxygen atoms in total. The third kappa shape index (κ3) is 5.12. The number of fused-ring (bicyclic) bond motifs is 1. The molecule has 3 saturated heterocycles. The van der Waals surface area contributed by atoms with Crippen molar-refractivity contribution in [3.63, 3.8) is 0 Å². The fourth-order valence-corrected chi connectivity index (χ4v) is 7.58. The van der Waals surface area contributed by atoms with Crippen LogP contribution in [0.15, 0.2) is 79.9 Å². The Labute approximate surface area is 259 Å². The Balaban J connectivity index is 1.58. The molecule has 2 aromatic carbocycles. The van der Waals surface area contributed by atoms with E-state index in [1.807, 2.05) is 44.2 Å². The van der Waals surface area contributed by atoms with E-state index in [1.165, 1.54) is 4.90 Å². The van der Waals surface area contributed by atoms with Crippen molar-refractivity contribution in [2.45, 2.75) is 62.9 Å². The highest BCUT2D eigenvalue weighted by molar-refractivity contribution is 6.05. The van der Waals surface area contributed by atoms with Gasteiger partial charge in [0.2, 0.25) is 11.8 Å². The van der Waals surface area contributed by atoms with Crippen LogP contribution in [0.25, 0.3) is 0 Å². The number of hydrogen-bond donors (Lipinski definition) is 1. The van der Waals surface area contributed by atoms with E-state index in [4.69, 9.17) is 9.47 Å². The van der Waals surface area contributed by atoms with E-state index in [-0.39, 0.29) is 30.9 Å². The molecule has 2 unspecified atom stereocenters. The van der Waals surface area contributed by atoms with E-state index in [9.17, 15) is 19.5 Å². The number of aliphatic hydroxyl groups is 1. The molecule has 0 radical (unpaired) electrons. The number of ether oxygens (including phenoxy) is 2. The fraction of sp³-hybridized carbons (Fsp3) is 0.457. The zero-order valence-corrected chi connectivity index (χ0v) is 25.9. The molecule has 3 heterocycles. The molecule has 6 atom stereocenters. The zero-order chi connectivity index (χ0) is 31.6. The normalized spacial score (nSPS) is 27.5. The van der Waals surface area contributed by atoms with Crippen LogP contribution in [-0.4, -0.2) is 82.7 Å². The maximum absolute atomic E-state index is 14.7. The van der Waals surface area contributed by atoms with E-state index in [1.54, 1.807) is 53.3 Å². The first kappa shape index (κ1) is 31.5. The van der Waals surface area contributed by atoms with Crippen molar-refractivity contribution < 1.29 is 29.0 Å². The lowest BCUT2D eigenvalue weighted by Crippen LogP contribution is -2.59. The van der Waals surface area contributed by atoms with E-state index in [2.05, 4.69) is 13.2 Å². The van der Waals surface area contributed by atoms with Crippen LogP contribution in [0.2, 0.25) is 0 Å². The summed E-state index contributed by atoms with van der Waals surface area (Å²) in [5.41, 5.74) is -0.566. The lowest BCUT2D eigenvalue weighted by molar-refractivity contribution is -0.152. The first-order valence-corrected chi connectivity index (χ1v) is 15.3. The predicted octanol–water partition coefficient (Wildman–Crippen LogP) is 3.96. The standard InChI is InChI=1S/C35H43N3O6/c1-6-20-36(22-24-12-10-9-11-13-24)31(40)28-29-32(41)38(25(8-3)23-39)30(35(29)19-18-34(28,4)44-35)33(42)37(21-7-2)26-14-16-27(43-5)17-15-26/h6-7,9-17,25,28-30,39H,1-2,8,18-23H2,3-5H3/t25-,28-,29-,30?,34+,35?/m0/s1. The van der Waals surface area contributed by atoms with Crippen LogP contribution >= 0.6 is 0 Å². The minimum atomic E-state index is -1.22. The van der Waals surface area contributed by atoms with Gasteiger partial charge in [0.05, 0.1) is 37.2 Å². The molecule has 5 rings (SSSR count). The second-order valence-corrected chi connectivity index (χ2v) is 12.1. The summed E-state index contributed by atoms with van der Waals surface area (Å²) in [7, 11) is 1.57. The third-order valence-electron chi connectivity index (χ3n) is 9.63. The van der Waals surface area contributed by atoms with Crippen LogP contribution in [0.4, 0.5) is 5.69 Å². The van der Waals surface area contributed by atoms with Crippen LogP contribution < -0.4 is 9.64 Å². The minimum absolute atomic E-state index is 0.195. The van der Waals surface area contributed by atoms with Crippen molar-refractivity contribution in [1.82, 2.24) is 9.80 Å². The minimum Gasteiger partial charge on any atom is -0.497 e. The van der Waals surface area contributed by atoms with Crippen LogP contribution in [-0.2, 0) is 25.7 Å². The molecule has 3 fully saturated rings. The highest BCUT2D eigenvalue weighted by atomic mass is 16.5. The number of nitrogens with zero attached hydrogens (tertiary/aromatic N) is 3. The third-order valence-corrected chi connectivity index (χ3v) is 9.63. The number of carbonyl (C=O) groups is 3. The number of hydrogen-bond acceptors (Lipinski definition) is 6. The molecule has 0 saturated carbocycles. The van der Waals surface area contributed by atoms with Gasteiger partial charge in [-0.1, -0.05) is 49.4 Å². The van der Waals surface area contributed by atoms with Gasteiger partial charge in [-0.25, -0.2) is 0 Å². The highest BCUT2D eigenvalue weighted by Crippen LogP contribution is 2.64. The molecule has 1 N–H and O–H groups in total. The second-order valence-electron chi connectivity index (χ2n) is 12.1. The molecule has 1 spiro atoms. The molecule has 2 aromatic rings. The van der Waals surface area contributed by atoms with Crippen LogP contribution in [0, 0.1) is 11.8 Å². The second kappa shape index (κ2) is 12.6. The van der Waals surface area contributed by atoms with Crippen molar-refractivity contribution in [3.8, 4) is 5.75 Å². The number of aliphatic hydroxyl groups excluding tert-OH is 1. The van der Waals surface area contributed by atoms with Gasteiger partial charge in [-0.2, -0.15) is 0 Å². The number of benzene rings is 2. The molecule has 44 heavy (non-hydrogen) atoms. The predicted molar refractivity (Wildman–Crippen MR) is 168 cm³/mol. The summed E-state index contributed by atoms with van der Waals surface area (Å²) < 4.78 is 12.2. The smallest absolute Gasteiger partial charge is 0.253 e. The SMILES string of the molecule is C=CCN(Cc1ccccc1)C(=O)[C@@H]1[C@H]2C(=O)N([C@@H](CC)CO)C(C(=O)N(CC=C)c3ccc(OC)cc3)C23CC[C@@]1(C)O3. The molecule has 3 aliphatic heterocycles. The number of rotatable bonds is 13. The molecular weight excluding hydrogens is 558 g/mol. The average molecular weight is 602 g/mol. The number of likely N-dealkylation sites (tertiary alicyclic amines) is 1. The lowest BCUT2D eigenvalue weighted by Gasteiger charge is -2.39. The largest absolute Gasteiger partial charge is 0.497 e. The molecular formula is C35H43N3O6. The summed E-state index contributed by atoms with van der Waals surface area (Å²) in [5, 5.41) is 10.4. The average Bonchev–Trinajstić information content (AvgIpc) is 3.61. The van der Waals surface area contributed by atoms with E-state index < -0.39 is 35.1 Å². The van der Waals surface area contributed by atoms with Gasteiger partial charge in [-0.05, 0) is 56.0 Å². The van der Waals surface area contributed by atoms with Gasteiger partial charge in [0, 0.05) is 25.3 Å². The van der Waals surface area contributed by atoms with Gasteiger partial charge in [-0.3, -0.25) is 14.4 Å². The van der Waals surface area contributed by atoms with Crippen molar-refractivity contribution in [3.05, 3.63) is 85.5 Å². The zero-order valence-electron chi connectivity index (χ0n) is 25.9. The van der Waals surface area contributed by atoms with E-state index in [0.717, 1.165) is 5.56 Å². The Kier molecular flexibility index (Phi) is 9.00. The molecule has 0 aliphatic carbocycles. The van der Waals surface area contributed by atoms with Crippen molar-refractivity contribution in [2.75, 3.05) is 31.7 Å². The summed E-state index contributed by atoms with van der Waals surface area (Å²) in [4.78, 5) is 48.6. The maximum atomic E-state index is 14.7. The fourth-order valence-electron chi connectivity index (χ4n) is 7.58. The molecule has 3 amide bonds. The Morgan fingerprint density at radius 2 is 1.77 bits per heavy atom. The first-order valence-electron chi connectivity index (χ1n) is 15.3. The number of amides is 3. The van der Waals surface area contributed by atoms with Gasteiger partial charge in [-0.15, -0.1) is 13.2 Å². The summed E-state index contributed by atoms with van der Waals surface area (Å²) in [5.74, 6) is -1.86. The van der Waals surface area contributed by atoms with Crippen LogP contribution in [0.5, 0.6) is 5.75 Å². The molecule has 0 aromatic heterocycles. The Hall–Kier alpha value is -3.95. The van der Waals surface area contributed by atoms with Gasteiger partial charge in [0.15, 0.2) is 0 Å². The summed E-state index contributed by atoms with van der Waals surface area (Å²) in [6.45, 7) is 12.1. The van der Waals surface area contributed by atoms with Gasteiger partial charge in [0.25, 0.3) is 5.91 Å². The maximum Gasteiger partial charge on any atom is 0.253 e. The van der Waals surface area contributed by atoms with Crippen molar-refractivity contribution in [2.24, 2.45) is 11.8 Å². The molecule has 9 heteroatoms.